The minimum Gasteiger partial charge on any atom is -0.396 e. The molecule has 2 N–H and O–H groups in total. The number of aliphatic hydroxyl groups is 2. The first-order valence-corrected chi connectivity index (χ1v) is 5.18. The van der Waals surface area contributed by atoms with Crippen molar-refractivity contribution in [3.05, 3.63) is 12.2 Å². The van der Waals surface area contributed by atoms with Crippen LogP contribution in [0.25, 0.3) is 0 Å². The molecule has 0 heterocycles. The van der Waals surface area contributed by atoms with E-state index >= 15 is 0 Å². The second-order valence-corrected chi connectivity index (χ2v) is 4.46. The Morgan fingerprint density at radius 1 is 1.31 bits per heavy atom. The van der Waals surface area contributed by atoms with Crippen molar-refractivity contribution < 1.29 is 10.2 Å². The van der Waals surface area contributed by atoms with Crippen molar-refractivity contribution in [3.63, 3.8) is 0 Å². The van der Waals surface area contributed by atoms with E-state index in [4.69, 9.17) is 0 Å². The van der Waals surface area contributed by atoms with Crippen molar-refractivity contribution in [1.29, 1.82) is 0 Å². The van der Waals surface area contributed by atoms with Crippen LogP contribution in [0, 0.1) is 23.2 Å². The monoisotopic (exact) mass is 182 g/mol. The molecule has 3 unspecified atom stereocenters. The zero-order valence-electron chi connectivity index (χ0n) is 8.11. The number of fused-ring (bicyclic) bond motifs is 2. The molecule has 2 nitrogen and oxygen atoms in total. The highest BCUT2D eigenvalue weighted by molar-refractivity contribution is 5.18. The Bertz CT molecular complexity index is 218. The van der Waals surface area contributed by atoms with Gasteiger partial charge in [0.25, 0.3) is 0 Å². The van der Waals surface area contributed by atoms with Crippen LogP contribution in [0.1, 0.15) is 19.8 Å². The fourth-order valence-electron chi connectivity index (χ4n) is 3.38. The van der Waals surface area contributed by atoms with Gasteiger partial charge in [0.15, 0.2) is 0 Å². The van der Waals surface area contributed by atoms with Crippen LogP contribution < -0.4 is 0 Å². The fraction of sp³-hybridized carbons (Fsp3) is 0.818. The smallest absolute Gasteiger partial charge is 0.0518 e. The lowest BCUT2D eigenvalue weighted by Crippen LogP contribution is -2.41. The molecule has 0 amide bonds. The molecule has 2 bridgehead atoms. The molecule has 0 saturated heterocycles. The summed E-state index contributed by atoms with van der Waals surface area (Å²) in [6.45, 7) is 2.42. The highest BCUT2D eigenvalue weighted by Gasteiger charge is 2.54. The van der Waals surface area contributed by atoms with Gasteiger partial charge in [-0.05, 0) is 24.2 Å². The molecule has 13 heavy (non-hydrogen) atoms. The standard InChI is InChI=1S/C11H18O2/c1-2-10-8-3-4-9(5-8)11(10,6-12)7-13/h3-4,8-10,12-13H,2,5-7H2,1H3. The number of aliphatic hydroxyl groups excluding tert-OH is 2. The maximum Gasteiger partial charge on any atom is 0.0518 e. The first-order valence-electron chi connectivity index (χ1n) is 5.18. The summed E-state index contributed by atoms with van der Waals surface area (Å²) in [5.41, 5.74) is -0.214. The van der Waals surface area contributed by atoms with Gasteiger partial charge in [0, 0.05) is 5.41 Å². The molecule has 0 aromatic rings. The maximum absolute atomic E-state index is 9.45. The van der Waals surface area contributed by atoms with E-state index in [1.54, 1.807) is 0 Å². The third-order valence-corrected chi connectivity index (χ3v) is 4.14. The molecule has 0 radical (unpaired) electrons. The largest absolute Gasteiger partial charge is 0.396 e. The highest BCUT2D eigenvalue weighted by atomic mass is 16.3. The maximum atomic E-state index is 9.45. The second kappa shape index (κ2) is 3.10. The topological polar surface area (TPSA) is 40.5 Å². The van der Waals surface area contributed by atoms with Crippen molar-refractivity contribution in [2.45, 2.75) is 19.8 Å². The fourth-order valence-corrected chi connectivity index (χ4v) is 3.38. The highest BCUT2D eigenvalue weighted by Crippen LogP contribution is 2.56. The summed E-state index contributed by atoms with van der Waals surface area (Å²) < 4.78 is 0. The Labute approximate surface area is 79.3 Å². The van der Waals surface area contributed by atoms with Gasteiger partial charge in [-0.2, -0.15) is 0 Å². The van der Waals surface area contributed by atoms with Crippen LogP contribution in [0.2, 0.25) is 0 Å². The van der Waals surface area contributed by atoms with Crippen LogP contribution >= 0.6 is 0 Å². The van der Waals surface area contributed by atoms with E-state index in [1.807, 2.05) is 0 Å². The van der Waals surface area contributed by atoms with Crippen LogP contribution in [0.15, 0.2) is 12.2 Å². The summed E-state index contributed by atoms with van der Waals surface area (Å²) in [5, 5.41) is 18.9. The summed E-state index contributed by atoms with van der Waals surface area (Å²) in [7, 11) is 0. The van der Waals surface area contributed by atoms with E-state index in [1.165, 1.54) is 0 Å². The zero-order chi connectivity index (χ0) is 9.47. The number of allylic oxidation sites excluding steroid dienone is 2. The van der Waals surface area contributed by atoms with Crippen LogP contribution in [-0.2, 0) is 0 Å². The zero-order valence-corrected chi connectivity index (χ0v) is 8.11. The van der Waals surface area contributed by atoms with Crippen molar-refractivity contribution in [1.82, 2.24) is 0 Å². The molecule has 0 aromatic carbocycles. The molecule has 1 saturated carbocycles. The molecule has 2 aliphatic rings. The molecule has 0 aromatic heterocycles. The molecule has 2 rings (SSSR count). The number of hydrogen-bond acceptors (Lipinski definition) is 2. The Balaban J connectivity index is 2.30. The summed E-state index contributed by atoms with van der Waals surface area (Å²) in [6.07, 6.45) is 6.65. The summed E-state index contributed by atoms with van der Waals surface area (Å²) in [5.74, 6) is 1.50. The summed E-state index contributed by atoms with van der Waals surface area (Å²) >= 11 is 0. The lowest BCUT2D eigenvalue weighted by molar-refractivity contribution is -0.00860. The molecule has 2 aliphatic carbocycles. The lowest BCUT2D eigenvalue weighted by atomic mass is 9.68. The first kappa shape index (κ1) is 9.22. The van der Waals surface area contributed by atoms with E-state index in [2.05, 4.69) is 19.1 Å². The van der Waals surface area contributed by atoms with E-state index in [9.17, 15) is 10.2 Å². The molecule has 1 fully saturated rings. The van der Waals surface area contributed by atoms with Crippen molar-refractivity contribution in [2.75, 3.05) is 13.2 Å². The van der Waals surface area contributed by atoms with E-state index in [0.29, 0.717) is 17.8 Å². The van der Waals surface area contributed by atoms with Crippen molar-refractivity contribution in [2.24, 2.45) is 23.2 Å². The average Bonchev–Trinajstić information content (AvgIpc) is 2.74. The molecule has 3 atom stereocenters. The molecule has 2 heteroatoms. The Morgan fingerprint density at radius 2 is 2.00 bits per heavy atom. The molecule has 74 valence electrons. The van der Waals surface area contributed by atoms with E-state index < -0.39 is 0 Å². The third kappa shape index (κ3) is 1.02. The SMILES string of the molecule is CCC1C2C=CC(C2)C1(CO)CO. The second-order valence-electron chi connectivity index (χ2n) is 4.46. The van der Waals surface area contributed by atoms with Crippen molar-refractivity contribution >= 4 is 0 Å². The van der Waals surface area contributed by atoms with Crippen LogP contribution in [0.5, 0.6) is 0 Å². The minimum absolute atomic E-state index is 0.132. The van der Waals surface area contributed by atoms with Gasteiger partial charge < -0.3 is 10.2 Å². The van der Waals surface area contributed by atoms with Gasteiger partial charge in [-0.1, -0.05) is 25.5 Å². The van der Waals surface area contributed by atoms with Gasteiger partial charge in [-0.25, -0.2) is 0 Å². The Hall–Kier alpha value is -0.340. The lowest BCUT2D eigenvalue weighted by Gasteiger charge is -2.38. The normalized spacial score (nSPS) is 40.1. The Kier molecular flexibility index (Phi) is 2.20. The van der Waals surface area contributed by atoms with E-state index in [0.717, 1.165) is 12.8 Å². The predicted octanol–water partition coefficient (Wildman–Crippen LogP) is 1.19. The van der Waals surface area contributed by atoms with Gasteiger partial charge in [0.2, 0.25) is 0 Å². The first-order chi connectivity index (χ1) is 6.28. The number of hydrogen-bond donors (Lipinski definition) is 2. The average molecular weight is 182 g/mol. The molecular formula is C11H18O2. The quantitative estimate of drug-likeness (QED) is 0.644. The van der Waals surface area contributed by atoms with Gasteiger partial charge >= 0.3 is 0 Å². The van der Waals surface area contributed by atoms with E-state index in [-0.39, 0.29) is 18.6 Å². The van der Waals surface area contributed by atoms with Crippen molar-refractivity contribution in [3.8, 4) is 0 Å². The van der Waals surface area contributed by atoms with Gasteiger partial charge in [0.05, 0.1) is 13.2 Å². The van der Waals surface area contributed by atoms with Crippen LogP contribution in [0.4, 0.5) is 0 Å². The van der Waals surface area contributed by atoms with Gasteiger partial charge in [-0.15, -0.1) is 0 Å². The third-order valence-electron chi connectivity index (χ3n) is 4.14. The Morgan fingerprint density at radius 3 is 2.46 bits per heavy atom. The number of rotatable bonds is 3. The van der Waals surface area contributed by atoms with Gasteiger partial charge in [-0.3, -0.25) is 0 Å². The van der Waals surface area contributed by atoms with Crippen LogP contribution in [-0.4, -0.2) is 23.4 Å². The molecule has 0 aliphatic heterocycles. The molecule has 0 spiro atoms. The van der Waals surface area contributed by atoms with Gasteiger partial charge in [0.1, 0.15) is 0 Å². The summed E-state index contributed by atoms with van der Waals surface area (Å²) in [4.78, 5) is 0. The minimum atomic E-state index is -0.214. The summed E-state index contributed by atoms with van der Waals surface area (Å²) in [6, 6.07) is 0. The molecular weight excluding hydrogens is 164 g/mol. The predicted molar refractivity (Wildman–Crippen MR) is 51.1 cm³/mol. The van der Waals surface area contributed by atoms with Crippen LogP contribution in [0.3, 0.4) is 0 Å².